The summed E-state index contributed by atoms with van der Waals surface area (Å²) in [6, 6.07) is 12.1. The third-order valence-corrected chi connectivity index (χ3v) is 4.04. The van der Waals surface area contributed by atoms with Gasteiger partial charge in [-0.05, 0) is 42.5 Å². The average molecular weight is 396 g/mol. The minimum atomic E-state index is 0.385. The zero-order chi connectivity index (χ0) is 17.8. The van der Waals surface area contributed by atoms with E-state index in [0.29, 0.717) is 44.0 Å². The van der Waals surface area contributed by atoms with Crippen molar-refractivity contribution in [3.8, 4) is 5.75 Å². The van der Waals surface area contributed by atoms with Gasteiger partial charge in [-0.25, -0.2) is 4.98 Å². The van der Waals surface area contributed by atoms with Gasteiger partial charge in [0.1, 0.15) is 11.6 Å². The van der Waals surface area contributed by atoms with Crippen molar-refractivity contribution < 1.29 is 4.74 Å². The summed E-state index contributed by atoms with van der Waals surface area (Å²) in [4.78, 5) is 8.61. The average Bonchev–Trinajstić information content (AvgIpc) is 2.58. The Morgan fingerprint density at radius 3 is 2.40 bits per heavy atom. The lowest BCUT2D eigenvalue weighted by atomic mass is 10.3. The summed E-state index contributed by atoms with van der Waals surface area (Å²) in [5.74, 6) is 1.59. The van der Waals surface area contributed by atoms with Gasteiger partial charge in [0.05, 0.1) is 23.5 Å². The summed E-state index contributed by atoms with van der Waals surface area (Å²) < 4.78 is 5.30. The number of nitrogens with zero attached hydrogens (tertiary/aromatic N) is 2. The van der Waals surface area contributed by atoms with E-state index in [0.717, 1.165) is 0 Å². The normalized spacial score (nSPS) is 10.4. The van der Waals surface area contributed by atoms with Crippen molar-refractivity contribution in [3.05, 3.63) is 63.7 Å². The van der Waals surface area contributed by atoms with Gasteiger partial charge in [0.25, 0.3) is 0 Å². The van der Waals surface area contributed by atoms with E-state index in [2.05, 4.69) is 20.6 Å². The molecule has 0 atom stereocenters. The number of methoxy groups -OCH3 is 1. The number of rotatable bonds is 5. The van der Waals surface area contributed by atoms with Crippen LogP contribution < -0.4 is 15.4 Å². The van der Waals surface area contributed by atoms with E-state index in [9.17, 15) is 0 Å². The highest BCUT2D eigenvalue weighted by atomic mass is 35.5. The van der Waals surface area contributed by atoms with E-state index in [1.165, 1.54) is 0 Å². The zero-order valence-corrected chi connectivity index (χ0v) is 15.3. The van der Waals surface area contributed by atoms with E-state index in [1.807, 2.05) is 0 Å². The Morgan fingerprint density at radius 2 is 1.64 bits per heavy atom. The number of ether oxygens (including phenoxy) is 1. The number of hydrogen-bond acceptors (Lipinski definition) is 5. The second-order valence-electron chi connectivity index (χ2n) is 4.98. The number of hydrogen-bond donors (Lipinski definition) is 2. The molecule has 0 aliphatic rings. The molecule has 0 amide bonds. The largest absolute Gasteiger partial charge is 0.495 e. The minimum Gasteiger partial charge on any atom is -0.495 e. The van der Waals surface area contributed by atoms with Crippen LogP contribution in [-0.4, -0.2) is 17.1 Å². The third-order valence-electron chi connectivity index (χ3n) is 3.26. The monoisotopic (exact) mass is 394 g/mol. The highest BCUT2D eigenvalue weighted by molar-refractivity contribution is 6.36. The van der Waals surface area contributed by atoms with Crippen molar-refractivity contribution in [2.24, 2.45) is 0 Å². The van der Waals surface area contributed by atoms with Gasteiger partial charge in [-0.15, -0.1) is 0 Å². The van der Waals surface area contributed by atoms with Crippen molar-refractivity contribution in [3.63, 3.8) is 0 Å². The first-order chi connectivity index (χ1) is 12.0. The first kappa shape index (κ1) is 17.6. The smallest absolute Gasteiger partial charge is 0.229 e. The fraction of sp³-hybridized carbons (Fsp3) is 0.0588. The maximum absolute atomic E-state index is 6.17. The Hall–Kier alpha value is -2.21. The number of halogens is 3. The molecule has 0 bridgehead atoms. The predicted octanol–water partition coefficient (Wildman–Crippen LogP) is 5.93. The Kier molecular flexibility index (Phi) is 5.48. The molecule has 0 radical (unpaired) electrons. The molecule has 128 valence electrons. The number of aromatic nitrogens is 2. The van der Waals surface area contributed by atoms with Crippen molar-refractivity contribution in [2.45, 2.75) is 0 Å². The highest BCUT2D eigenvalue weighted by Gasteiger charge is 2.08. The van der Waals surface area contributed by atoms with Crippen molar-refractivity contribution in [1.82, 2.24) is 9.97 Å². The maximum Gasteiger partial charge on any atom is 0.229 e. The molecule has 0 saturated heterocycles. The van der Waals surface area contributed by atoms with Crippen LogP contribution in [-0.2, 0) is 0 Å². The minimum absolute atomic E-state index is 0.385. The van der Waals surface area contributed by atoms with Crippen LogP contribution in [0.3, 0.4) is 0 Å². The summed E-state index contributed by atoms with van der Waals surface area (Å²) in [5.41, 5.74) is 1.35. The molecular formula is C17H13Cl3N4O. The van der Waals surface area contributed by atoms with Gasteiger partial charge < -0.3 is 15.4 Å². The van der Waals surface area contributed by atoms with Gasteiger partial charge in [-0.2, -0.15) is 4.98 Å². The fourth-order valence-corrected chi connectivity index (χ4v) is 2.74. The molecule has 5 nitrogen and oxygen atoms in total. The summed E-state index contributed by atoms with van der Waals surface area (Å²) in [5, 5.41) is 7.85. The van der Waals surface area contributed by atoms with Crippen LogP contribution in [0.1, 0.15) is 0 Å². The SMILES string of the molecule is COc1ccc(Cl)cc1Nc1nccc(Nc2ccc(Cl)cc2Cl)n1. The molecule has 2 aromatic carbocycles. The van der Waals surface area contributed by atoms with Crippen LogP contribution in [0, 0.1) is 0 Å². The quantitative estimate of drug-likeness (QED) is 0.560. The van der Waals surface area contributed by atoms with Crippen molar-refractivity contribution in [2.75, 3.05) is 17.7 Å². The summed E-state index contributed by atoms with van der Waals surface area (Å²) >= 11 is 18.1. The van der Waals surface area contributed by atoms with E-state index in [-0.39, 0.29) is 0 Å². The predicted molar refractivity (Wildman–Crippen MR) is 103 cm³/mol. The molecule has 0 unspecified atom stereocenters. The standard InChI is InChI=1S/C17H13Cl3N4O/c1-25-15-5-3-11(19)9-14(15)23-17-21-7-6-16(24-17)22-13-4-2-10(18)8-12(13)20/h2-9H,1H3,(H2,21,22,23,24). The molecule has 0 spiro atoms. The van der Waals surface area contributed by atoms with Crippen LogP contribution in [0.4, 0.5) is 23.1 Å². The van der Waals surface area contributed by atoms with Gasteiger partial charge in [0.15, 0.2) is 0 Å². The van der Waals surface area contributed by atoms with Crippen molar-refractivity contribution >= 4 is 57.9 Å². The summed E-state index contributed by atoms with van der Waals surface area (Å²) in [6.07, 6.45) is 1.62. The van der Waals surface area contributed by atoms with Gasteiger partial charge in [-0.3, -0.25) is 0 Å². The molecule has 1 heterocycles. The van der Waals surface area contributed by atoms with Crippen LogP contribution in [0.2, 0.25) is 15.1 Å². The molecule has 0 aliphatic carbocycles. The van der Waals surface area contributed by atoms with Crippen molar-refractivity contribution in [1.29, 1.82) is 0 Å². The van der Waals surface area contributed by atoms with Crippen LogP contribution in [0.15, 0.2) is 48.7 Å². The second-order valence-corrected chi connectivity index (χ2v) is 6.26. The van der Waals surface area contributed by atoms with Crippen LogP contribution in [0.5, 0.6) is 5.75 Å². The zero-order valence-electron chi connectivity index (χ0n) is 13.1. The van der Waals surface area contributed by atoms with Crippen LogP contribution >= 0.6 is 34.8 Å². The Morgan fingerprint density at radius 1 is 0.880 bits per heavy atom. The van der Waals surface area contributed by atoms with E-state index in [1.54, 1.807) is 55.8 Å². The third kappa shape index (κ3) is 4.45. The molecule has 25 heavy (non-hydrogen) atoms. The van der Waals surface area contributed by atoms with E-state index < -0.39 is 0 Å². The van der Waals surface area contributed by atoms with Crippen LogP contribution in [0.25, 0.3) is 0 Å². The lowest BCUT2D eigenvalue weighted by molar-refractivity contribution is 0.417. The lowest BCUT2D eigenvalue weighted by Gasteiger charge is -2.12. The van der Waals surface area contributed by atoms with Gasteiger partial charge in [0.2, 0.25) is 5.95 Å². The second kappa shape index (κ2) is 7.78. The molecule has 1 aromatic heterocycles. The first-order valence-corrected chi connectivity index (χ1v) is 8.34. The highest BCUT2D eigenvalue weighted by Crippen LogP contribution is 2.31. The Labute approximate surface area is 159 Å². The lowest BCUT2D eigenvalue weighted by Crippen LogP contribution is -2.02. The molecule has 0 aliphatic heterocycles. The van der Waals surface area contributed by atoms with Gasteiger partial charge >= 0.3 is 0 Å². The fourth-order valence-electron chi connectivity index (χ4n) is 2.12. The number of nitrogens with one attached hydrogen (secondary N) is 2. The Balaban J connectivity index is 1.83. The molecule has 0 fully saturated rings. The summed E-state index contributed by atoms with van der Waals surface area (Å²) in [7, 11) is 1.58. The molecule has 0 saturated carbocycles. The van der Waals surface area contributed by atoms with E-state index >= 15 is 0 Å². The maximum atomic E-state index is 6.17. The number of anilines is 4. The van der Waals surface area contributed by atoms with Gasteiger partial charge in [0, 0.05) is 16.2 Å². The molecule has 3 rings (SSSR count). The summed E-state index contributed by atoms with van der Waals surface area (Å²) in [6.45, 7) is 0. The molecule has 2 N–H and O–H groups in total. The molecular weight excluding hydrogens is 383 g/mol. The van der Waals surface area contributed by atoms with E-state index in [4.69, 9.17) is 39.5 Å². The van der Waals surface area contributed by atoms with Gasteiger partial charge in [-0.1, -0.05) is 34.8 Å². The molecule has 8 heteroatoms. The molecule has 3 aromatic rings. The topological polar surface area (TPSA) is 59.1 Å². The number of benzene rings is 2. The first-order valence-electron chi connectivity index (χ1n) is 7.21. The Bertz CT molecular complexity index is 905.